The quantitative estimate of drug-likeness (QED) is 0.677. The van der Waals surface area contributed by atoms with Crippen LogP contribution in [0, 0.1) is 13.8 Å². The maximum atomic E-state index is 13.3. The number of nitrogens with two attached hydrogens (primary N) is 1. The first-order chi connectivity index (χ1) is 12.8. The molecule has 1 aliphatic rings. The number of nitrogens with one attached hydrogen (secondary N) is 1. The Balaban J connectivity index is 0.00000225. The monoisotopic (exact) mass is 420 g/mol. The number of carbonyl (C=O) groups is 1. The van der Waals surface area contributed by atoms with E-state index in [0.717, 1.165) is 29.7 Å². The number of primary amides is 1. The molecule has 6 nitrogen and oxygen atoms in total. The van der Waals surface area contributed by atoms with Gasteiger partial charge < -0.3 is 15.5 Å². The molecule has 3 N–H and O–H groups in total. The lowest BCUT2D eigenvalue weighted by molar-refractivity contribution is 0.0999. The summed E-state index contributed by atoms with van der Waals surface area (Å²) in [4.78, 5) is 11.9. The van der Waals surface area contributed by atoms with Gasteiger partial charge in [-0.2, -0.15) is 0 Å². The Kier molecular flexibility index (Phi) is 5.27. The highest BCUT2D eigenvalue weighted by atomic mass is 35.5. The molecule has 28 heavy (non-hydrogen) atoms. The van der Waals surface area contributed by atoms with Gasteiger partial charge >= 0.3 is 0 Å². The summed E-state index contributed by atoms with van der Waals surface area (Å²) in [5.74, 6) is 0.208. The Morgan fingerprint density at radius 2 is 1.93 bits per heavy atom. The molecule has 0 fully saturated rings. The maximum Gasteiger partial charge on any atom is 0.249 e. The van der Waals surface area contributed by atoms with Crippen LogP contribution < -0.4 is 11.1 Å². The van der Waals surface area contributed by atoms with Gasteiger partial charge in [0.1, 0.15) is 11.3 Å². The Hall–Kier alpha value is -2.35. The second-order valence-electron chi connectivity index (χ2n) is 6.84. The molecule has 0 spiro atoms. The van der Waals surface area contributed by atoms with Gasteiger partial charge in [0.2, 0.25) is 15.7 Å². The van der Waals surface area contributed by atoms with Crippen LogP contribution in [0.1, 0.15) is 32.8 Å². The summed E-state index contributed by atoms with van der Waals surface area (Å²) >= 11 is 0. The van der Waals surface area contributed by atoms with Gasteiger partial charge in [0.15, 0.2) is 0 Å². The first-order valence-corrected chi connectivity index (χ1v) is 10.2. The van der Waals surface area contributed by atoms with Crippen molar-refractivity contribution in [3.63, 3.8) is 0 Å². The number of halogens is 1. The molecular weight excluding hydrogens is 400 g/mol. The van der Waals surface area contributed by atoms with Crippen LogP contribution in [0.15, 0.2) is 44.5 Å². The van der Waals surface area contributed by atoms with Crippen molar-refractivity contribution in [2.24, 2.45) is 5.73 Å². The number of hydrogen-bond donors (Lipinski definition) is 2. The molecule has 3 aromatic rings. The fraction of sp³-hybridized carbons (Fsp3) is 0.250. The standard InChI is InChI=1S/C20H20N2O4S.ClH/c1-11-3-5-14(20(21)23)12(2)19(11)27(24,25)13-4-6-15-16-7-8-22-10-18(16)26-17(15)9-13;/h3-6,9,22H,7-8,10H2,1-2H3,(H2,21,23);1H. The minimum Gasteiger partial charge on any atom is -0.459 e. The third kappa shape index (κ3) is 3.09. The van der Waals surface area contributed by atoms with Crippen molar-refractivity contribution in [3.05, 3.63) is 58.3 Å². The van der Waals surface area contributed by atoms with E-state index in [1.54, 1.807) is 44.2 Å². The maximum absolute atomic E-state index is 13.3. The molecular formula is C20H21ClN2O4S. The summed E-state index contributed by atoms with van der Waals surface area (Å²) in [7, 11) is -3.83. The van der Waals surface area contributed by atoms with Crippen LogP contribution in [0.2, 0.25) is 0 Å². The SMILES string of the molecule is Cc1ccc(C(N)=O)c(C)c1S(=O)(=O)c1ccc2c3c(oc2c1)CNCC3.Cl. The van der Waals surface area contributed by atoms with E-state index in [0.29, 0.717) is 23.3 Å². The number of fused-ring (bicyclic) bond motifs is 3. The molecule has 0 aliphatic carbocycles. The van der Waals surface area contributed by atoms with Crippen LogP contribution in [0.25, 0.3) is 11.0 Å². The Labute approximate surface area is 169 Å². The molecule has 148 valence electrons. The third-order valence-electron chi connectivity index (χ3n) is 5.13. The highest BCUT2D eigenvalue weighted by Gasteiger charge is 2.26. The fourth-order valence-corrected chi connectivity index (χ4v) is 5.56. The zero-order chi connectivity index (χ0) is 19.3. The number of furan rings is 1. The van der Waals surface area contributed by atoms with Crippen LogP contribution in [0.5, 0.6) is 0 Å². The van der Waals surface area contributed by atoms with Crippen molar-refractivity contribution >= 4 is 39.1 Å². The lowest BCUT2D eigenvalue weighted by Gasteiger charge is -2.13. The molecule has 1 aromatic heterocycles. The zero-order valence-electron chi connectivity index (χ0n) is 15.5. The van der Waals surface area contributed by atoms with E-state index < -0.39 is 15.7 Å². The van der Waals surface area contributed by atoms with Crippen molar-refractivity contribution in [2.75, 3.05) is 6.54 Å². The van der Waals surface area contributed by atoms with E-state index in [2.05, 4.69) is 5.32 Å². The van der Waals surface area contributed by atoms with Gasteiger partial charge in [0.25, 0.3) is 0 Å². The predicted molar refractivity (Wildman–Crippen MR) is 109 cm³/mol. The van der Waals surface area contributed by atoms with E-state index >= 15 is 0 Å². The number of amides is 1. The average Bonchev–Trinajstić information content (AvgIpc) is 2.99. The molecule has 1 amide bonds. The van der Waals surface area contributed by atoms with Crippen molar-refractivity contribution in [1.29, 1.82) is 0 Å². The number of aryl methyl sites for hydroxylation is 1. The van der Waals surface area contributed by atoms with E-state index in [9.17, 15) is 13.2 Å². The number of carbonyl (C=O) groups excluding carboxylic acids is 1. The smallest absolute Gasteiger partial charge is 0.249 e. The summed E-state index contributed by atoms with van der Waals surface area (Å²) in [6.07, 6.45) is 0.854. The second kappa shape index (κ2) is 7.24. The van der Waals surface area contributed by atoms with Gasteiger partial charge in [-0.3, -0.25) is 4.79 Å². The first-order valence-electron chi connectivity index (χ1n) is 8.71. The number of sulfone groups is 1. The lowest BCUT2D eigenvalue weighted by atomic mass is 10.1. The van der Waals surface area contributed by atoms with Crippen molar-refractivity contribution < 1.29 is 17.6 Å². The fourth-order valence-electron chi connectivity index (χ4n) is 3.81. The van der Waals surface area contributed by atoms with Crippen molar-refractivity contribution in [3.8, 4) is 0 Å². The van der Waals surface area contributed by atoms with Crippen LogP contribution in [-0.2, 0) is 22.8 Å². The molecule has 0 saturated carbocycles. The minimum absolute atomic E-state index is 0. The number of benzene rings is 2. The van der Waals surface area contributed by atoms with Gasteiger partial charge in [0, 0.05) is 22.6 Å². The topological polar surface area (TPSA) is 102 Å². The van der Waals surface area contributed by atoms with Crippen molar-refractivity contribution in [1.82, 2.24) is 5.32 Å². The minimum atomic E-state index is -3.83. The van der Waals surface area contributed by atoms with E-state index in [4.69, 9.17) is 10.2 Å². The first kappa shape index (κ1) is 20.4. The van der Waals surface area contributed by atoms with Gasteiger partial charge in [-0.1, -0.05) is 6.07 Å². The predicted octanol–water partition coefficient (Wildman–Crippen LogP) is 3.05. The molecule has 0 radical (unpaired) electrons. The highest BCUT2D eigenvalue weighted by molar-refractivity contribution is 7.91. The third-order valence-corrected chi connectivity index (χ3v) is 7.17. The molecule has 0 unspecified atom stereocenters. The summed E-state index contributed by atoms with van der Waals surface area (Å²) in [5.41, 5.74) is 8.23. The summed E-state index contributed by atoms with van der Waals surface area (Å²) in [6, 6.07) is 8.14. The average molecular weight is 421 g/mol. The van der Waals surface area contributed by atoms with Gasteiger partial charge in [-0.15, -0.1) is 12.4 Å². The molecule has 1 aliphatic heterocycles. The Morgan fingerprint density at radius 1 is 1.18 bits per heavy atom. The van der Waals surface area contributed by atoms with Crippen LogP contribution in [0.3, 0.4) is 0 Å². The number of rotatable bonds is 3. The normalized spacial score (nSPS) is 13.8. The molecule has 2 aromatic carbocycles. The summed E-state index contributed by atoms with van der Waals surface area (Å²) in [6.45, 7) is 4.83. The molecule has 0 atom stereocenters. The Morgan fingerprint density at radius 3 is 2.64 bits per heavy atom. The van der Waals surface area contributed by atoms with E-state index in [-0.39, 0.29) is 27.8 Å². The van der Waals surface area contributed by atoms with Gasteiger partial charge in [0.05, 0.1) is 16.3 Å². The highest BCUT2D eigenvalue weighted by Crippen LogP contribution is 2.34. The summed E-state index contributed by atoms with van der Waals surface area (Å²) in [5, 5.41) is 4.20. The zero-order valence-corrected chi connectivity index (χ0v) is 17.2. The van der Waals surface area contributed by atoms with Gasteiger partial charge in [-0.25, -0.2) is 8.42 Å². The second-order valence-corrected chi connectivity index (χ2v) is 8.73. The molecule has 2 heterocycles. The van der Waals surface area contributed by atoms with Crippen LogP contribution >= 0.6 is 12.4 Å². The number of hydrogen-bond acceptors (Lipinski definition) is 5. The molecule has 0 bridgehead atoms. The van der Waals surface area contributed by atoms with E-state index in [1.165, 1.54) is 0 Å². The Bertz CT molecular complexity index is 1200. The summed E-state index contributed by atoms with van der Waals surface area (Å²) < 4.78 is 32.5. The lowest BCUT2D eigenvalue weighted by Crippen LogP contribution is -2.22. The van der Waals surface area contributed by atoms with Crippen LogP contribution in [-0.4, -0.2) is 20.9 Å². The molecule has 8 heteroatoms. The van der Waals surface area contributed by atoms with E-state index in [1.807, 2.05) is 0 Å². The van der Waals surface area contributed by atoms with Crippen molar-refractivity contribution in [2.45, 2.75) is 36.6 Å². The molecule has 0 saturated heterocycles. The van der Waals surface area contributed by atoms with Crippen LogP contribution in [0.4, 0.5) is 0 Å². The van der Waals surface area contributed by atoms with Gasteiger partial charge in [-0.05, 0) is 56.1 Å². The largest absolute Gasteiger partial charge is 0.459 e. The molecule has 4 rings (SSSR count).